The number of nitrogens with zero attached hydrogens (tertiary/aromatic N) is 1. The lowest BCUT2D eigenvalue weighted by Gasteiger charge is -2.11. The fourth-order valence-electron chi connectivity index (χ4n) is 1.89. The first-order valence-electron chi connectivity index (χ1n) is 5.75. The van der Waals surface area contributed by atoms with Crippen LogP contribution in [0.25, 0.3) is 11.1 Å². The van der Waals surface area contributed by atoms with Crippen LogP contribution in [0.1, 0.15) is 12.5 Å². The maximum absolute atomic E-state index is 11.1. The number of aliphatic carboxylic acids is 2. The van der Waals surface area contributed by atoms with Gasteiger partial charge in [-0.15, -0.1) is 0 Å². The molecule has 98 valence electrons. The average molecular weight is 259 g/mol. The number of carboxylic acids is 2. The van der Waals surface area contributed by atoms with Crippen molar-refractivity contribution in [1.82, 2.24) is 4.57 Å². The number of carbonyl (C=O) groups is 2. The third kappa shape index (κ3) is 3.01. The Morgan fingerprint density at radius 2 is 1.74 bits per heavy atom. The van der Waals surface area contributed by atoms with E-state index in [9.17, 15) is 9.59 Å². The number of hydrogen-bond acceptors (Lipinski definition) is 2. The minimum Gasteiger partial charge on any atom is -0.481 e. The molecule has 2 rings (SSSR count). The fourth-order valence-corrected chi connectivity index (χ4v) is 1.89. The molecule has 0 spiro atoms. The van der Waals surface area contributed by atoms with Crippen molar-refractivity contribution in [3.05, 3.63) is 48.8 Å². The Hall–Kier alpha value is -2.56. The summed E-state index contributed by atoms with van der Waals surface area (Å²) in [5.41, 5.74) is 1.82. The van der Waals surface area contributed by atoms with Crippen molar-refractivity contribution >= 4 is 11.9 Å². The molecule has 0 fully saturated rings. The molecule has 1 atom stereocenters. The van der Waals surface area contributed by atoms with Crippen molar-refractivity contribution in [2.45, 2.75) is 12.5 Å². The van der Waals surface area contributed by atoms with Crippen LogP contribution in [0.5, 0.6) is 0 Å². The Balaban J connectivity index is 2.29. The average Bonchev–Trinajstić information content (AvgIpc) is 2.86. The third-order valence-corrected chi connectivity index (χ3v) is 2.83. The molecule has 0 radical (unpaired) electrons. The van der Waals surface area contributed by atoms with Gasteiger partial charge in [0.25, 0.3) is 0 Å². The Morgan fingerprint density at radius 1 is 1.05 bits per heavy atom. The molecule has 19 heavy (non-hydrogen) atoms. The molecule has 0 aliphatic rings. The summed E-state index contributed by atoms with van der Waals surface area (Å²) in [5, 5.41) is 17.8. The van der Waals surface area contributed by atoms with Gasteiger partial charge in [0, 0.05) is 12.4 Å². The second kappa shape index (κ2) is 5.39. The second-order valence-corrected chi connectivity index (χ2v) is 4.17. The van der Waals surface area contributed by atoms with E-state index in [4.69, 9.17) is 10.2 Å². The molecular weight excluding hydrogens is 246 g/mol. The van der Waals surface area contributed by atoms with E-state index in [-0.39, 0.29) is 0 Å². The SMILES string of the molecule is O=C(O)C[C@H](C(=O)O)n1ccc(-c2ccccc2)c1. The molecule has 0 aliphatic heterocycles. The standard InChI is InChI=1S/C14H13NO4/c16-13(17)8-12(14(18)19)15-7-6-11(9-15)10-4-2-1-3-5-10/h1-7,9,12H,8H2,(H,16,17)(H,18,19)/t12-/m1/s1. The summed E-state index contributed by atoms with van der Waals surface area (Å²) < 4.78 is 1.42. The molecule has 5 heteroatoms. The number of carboxylic acid groups (broad SMARTS) is 2. The second-order valence-electron chi connectivity index (χ2n) is 4.17. The normalized spacial score (nSPS) is 12.0. The highest BCUT2D eigenvalue weighted by atomic mass is 16.4. The molecule has 0 amide bonds. The number of aromatic nitrogens is 1. The van der Waals surface area contributed by atoms with Gasteiger partial charge in [-0.25, -0.2) is 4.79 Å². The lowest BCUT2D eigenvalue weighted by Crippen LogP contribution is -2.21. The van der Waals surface area contributed by atoms with E-state index in [0.29, 0.717) is 0 Å². The summed E-state index contributed by atoms with van der Waals surface area (Å²) in [4.78, 5) is 21.8. The molecule has 1 aromatic heterocycles. The van der Waals surface area contributed by atoms with Crippen LogP contribution < -0.4 is 0 Å². The third-order valence-electron chi connectivity index (χ3n) is 2.83. The summed E-state index contributed by atoms with van der Waals surface area (Å²) in [6.45, 7) is 0. The Morgan fingerprint density at radius 3 is 2.32 bits per heavy atom. The van der Waals surface area contributed by atoms with Crippen LogP contribution in [0.15, 0.2) is 48.8 Å². The zero-order valence-electron chi connectivity index (χ0n) is 10.1. The smallest absolute Gasteiger partial charge is 0.327 e. The van der Waals surface area contributed by atoms with Crippen molar-refractivity contribution in [1.29, 1.82) is 0 Å². The molecule has 0 saturated carbocycles. The first-order chi connectivity index (χ1) is 9.08. The van der Waals surface area contributed by atoms with Crippen molar-refractivity contribution < 1.29 is 19.8 Å². The van der Waals surface area contributed by atoms with E-state index < -0.39 is 24.4 Å². The minimum absolute atomic E-state index is 0.446. The highest BCUT2D eigenvalue weighted by Crippen LogP contribution is 2.22. The summed E-state index contributed by atoms with van der Waals surface area (Å²) in [7, 11) is 0. The lowest BCUT2D eigenvalue weighted by molar-refractivity contribution is -0.147. The highest BCUT2D eigenvalue weighted by Gasteiger charge is 2.22. The topological polar surface area (TPSA) is 79.5 Å². The molecule has 1 heterocycles. The van der Waals surface area contributed by atoms with Gasteiger partial charge >= 0.3 is 11.9 Å². The van der Waals surface area contributed by atoms with E-state index in [1.165, 1.54) is 4.57 Å². The number of hydrogen-bond donors (Lipinski definition) is 2. The number of rotatable bonds is 5. The lowest BCUT2D eigenvalue weighted by atomic mass is 10.1. The molecule has 1 aromatic carbocycles. The molecule has 0 bridgehead atoms. The van der Waals surface area contributed by atoms with Gasteiger partial charge in [-0.2, -0.15) is 0 Å². The van der Waals surface area contributed by atoms with Crippen molar-refractivity contribution in [3.8, 4) is 11.1 Å². The van der Waals surface area contributed by atoms with Crippen LogP contribution in [-0.2, 0) is 9.59 Å². The fraction of sp³-hybridized carbons (Fsp3) is 0.143. The summed E-state index contributed by atoms with van der Waals surface area (Å²) in [5.74, 6) is -2.29. The van der Waals surface area contributed by atoms with Crippen LogP contribution in [0, 0.1) is 0 Å². The van der Waals surface area contributed by atoms with Gasteiger partial charge in [-0.05, 0) is 17.2 Å². The Labute approximate surface area is 109 Å². The van der Waals surface area contributed by atoms with Crippen LogP contribution >= 0.6 is 0 Å². The van der Waals surface area contributed by atoms with E-state index in [2.05, 4.69) is 0 Å². The molecule has 0 saturated heterocycles. The summed E-state index contributed by atoms with van der Waals surface area (Å²) in [6.07, 6.45) is 2.79. The minimum atomic E-state index is -1.15. The maximum Gasteiger partial charge on any atom is 0.327 e. The van der Waals surface area contributed by atoms with Gasteiger partial charge in [0.2, 0.25) is 0 Å². The van der Waals surface area contributed by atoms with Gasteiger partial charge in [0.05, 0.1) is 6.42 Å². The molecule has 2 aromatic rings. The van der Waals surface area contributed by atoms with Crippen LogP contribution in [0.2, 0.25) is 0 Å². The van der Waals surface area contributed by atoms with Crippen LogP contribution in [-0.4, -0.2) is 26.7 Å². The van der Waals surface area contributed by atoms with E-state index in [1.54, 1.807) is 18.5 Å². The van der Waals surface area contributed by atoms with Gasteiger partial charge in [-0.3, -0.25) is 4.79 Å². The Bertz CT molecular complexity index is 589. The zero-order valence-corrected chi connectivity index (χ0v) is 10.1. The summed E-state index contributed by atoms with van der Waals surface area (Å²) >= 11 is 0. The molecule has 0 unspecified atom stereocenters. The van der Waals surface area contributed by atoms with Gasteiger partial charge < -0.3 is 14.8 Å². The van der Waals surface area contributed by atoms with Gasteiger partial charge in [0.15, 0.2) is 0 Å². The van der Waals surface area contributed by atoms with Crippen molar-refractivity contribution in [2.24, 2.45) is 0 Å². The van der Waals surface area contributed by atoms with Crippen LogP contribution in [0.3, 0.4) is 0 Å². The van der Waals surface area contributed by atoms with Crippen molar-refractivity contribution in [3.63, 3.8) is 0 Å². The molecular formula is C14H13NO4. The van der Waals surface area contributed by atoms with E-state index in [0.717, 1.165) is 11.1 Å². The van der Waals surface area contributed by atoms with Crippen molar-refractivity contribution in [2.75, 3.05) is 0 Å². The predicted octanol–water partition coefficient (Wildman–Crippen LogP) is 2.26. The monoisotopic (exact) mass is 259 g/mol. The molecule has 5 nitrogen and oxygen atoms in total. The largest absolute Gasteiger partial charge is 0.481 e. The quantitative estimate of drug-likeness (QED) is 0.863. The van der Waals surface area contributed by atoms with E-state index >= 15 is 0 Å². The van der Waals surface area contributed by atoms with Gasteiger partial charge in [0.1, 0.15) is 6.04 Å². The molecule has 2 N–H and O–H groups in total. The first kappa shape index (κ1) is 12.9. The summed E-state index contributed by atoms with van der Waals surface area (Å²) in [6, 6.07) is 10.2. The first-order valence-corrected chi connectivity index (χ1v) is 5.75. The highest BCUT2D eigenvalue weighted by molar-refractivity contribution is 5.79. The maximum atomic E-state index is 11.1. The Kier molecular flexibility index (Phi) is 3.66. The van der Waals surface area contributed by atoms with Crippen LogP contribution in [0.4, 0.5) is 0 Å². The predicted molar refractivity (Wildman–Crippen MR) is 68.8 cm³/mol. The van der Waals surface area contributed by atoms with Gasteiger partial charge in [-0.1, -0.05) is 30.3 Å². The van der Waals surface area contributed by atoms with E-state index in [1.807, 2.05) is 30.3 Å². The molecule has 0 aliphatic carbocycles. The number of benzene rings is 1. The zero-order chi connectivity index (χ0) is 13.8.